The first-order valence-corrected chi connectivity index (χ1v) is 46.7. The Labute approximate surface area is 721 Å². The number of aliphatic hydroxyl groups is 9. The average molecular weight is 1730 g/mol. The molecule has 3 aliphatic heterocycles. The molecule has 0 saturated carbocycles. The van der Waals surface area contributed by atoms with Gasteiger partial charge in [0.25, 0.3) is 0 Å². The minimum Gasteiger partial charge on any atom is -0.463 e. The van der Waals surface area contributed by atoms with Crippen molar-refractivity contribution in [2.45, 2.75) is 351 Å². The number of esters is 3. The number of hydrogen-bond acceptors (Lipinski definition) is 30. The molecule has 0 amide bonds. The van der Waals surface area contributed by atoms with E-state index in [4.69, 9.17) is 106 Å². The predicted octanol–water partition coefficient (Wildman–Crippen LogP) is 10.5. The highest BCUT2D eigenvalue weighted by molar-refractivity contribution is 5.69. The van der Waals surface area contributed by atoms with Crippen molar-refractivity contribution in [3.63, 3.8) is 0 Å². The number of carbonyl (C=O) groups is 3. The number of allylic oxidation sites excluding steroid dienone is 2. The standard InChI is InChI=1S/C32H62O10.C32H60O10.C26H50O10/c2*1-2-3-4-5-6-7-8-9-10-11-12-13-14-15-16-17-30(36)40-25-24-37-26-28(38-21-18-33)32-31(41-23-20-35)29(27-42-32)39-22-19-34;1-2-3-4-5-6-7-8-9-10-11-24(30)34-19-18-31-20-22(32-15-12-27)26-25(35-17-14-29)23(21-36-26)33-16-13-28/h28-29,31-35H,2-27H2,1H3;9-10,28-29,31-35H,2-8,11-27H2,1H3;22-23,25-29H,2-21H2,1H3/b;10-9-;. The lowest BCUT2D eigenvalue weighted by molar-refractivity contribution is -0.149. The highest BCUT2D eigenvalue weighted by Gasteiger charge is 2.47. The zero-order valence-corrected chi connectivity index (χ0v) is 74.7. The summed E-state index contributed by atoms with van der Waals surface area (Å²) < 4.78 is 102. The molecule has 712 valence electrons. The summed E-state index contributed by atoms with van der Waals surface area (Å²) in [5, 5.41) is 82.4. The maximum atomic E-state index is 12.1. The monoisotopic (exact) mass is 1730 g/mol. The molecule has 3 saturated heterocycles. The molecule has 3 aliphatic rings. The first-order valence-electron chi connectivity index (χ1n) is 46.7. The SMILES string of the molecule is CCCCCCCC/C=C\CCCCCCCC(=O)OCCOCC(OCCO)C1OCC(OCCO)C1OCCO.CCCCCCCCCCCC(=O)OCCOCC(OCCO)C1OCC(OCCO)C1OCCO.CCCCCCCCCCCCCCCCCC(=O)OCCOCC(OCCO)C1OCC(OCCO)C1OCCO. The van der Waals surface area contributed by atoms with Crippen LogP contribution < -0.4 is 0 Å². The topological polar surface area (TPSA) is 399 Å². The van der Waals surface area contributed by atoms with Crippen molar-refractivity contribution in [1.29, 1.82) is 0 Å². The summed E-state index contributed by atoms with van der Waals surface area (Å²) in [4.78, 5) is 36.1. The van der Waals surface area contributed by atoms with Crippen molar-refractivity contribution in [3.8, 4) is 0 Å². The third-order valence-electron chi connectivity index (χ3n) is 20.7. The zero-order chi connectivity index (χ0) is 87.3. The van der Waals surface area contributed by atoms with Gasteiger partial charge in [-0.3, -0.25) is 14.4 Å². The van der Waals surface area contributed by atoms with Gasteiger partial charge in [0.15, 0.2) is 0 Å². The highest BCUT2D eigenvalue weighted by atomic mass is 16.7. The molecule has 0 radical (unpaired) electrons. The molecule has 0 aromatic rings. The lowest BCUT2D eigenvalue weighted by Crippen LogP contribution is -2.45. The second kappa shape index (κ2) is 88.2. The van der Waals surface area contributed by atoms with Gasteiger partial charge in [0.2, 0.25) is 0 Å². The molecule has 12 atom stereocenters. The van der Waals surface area contributed by atoms with Crippen LogP contribution in [0.25, 0.3) is 0 Å². The van der Waals surface area contributed by atoms with Crippen LogP contribution in [0.3, 0.4) is 0 Å². The van der Waals surface area contributed by atoms with E-state index < -0.39 is 73.2 Å². The summed E-state index contributed by atoms with van der Waals surface area (Å²) in [5.74, 6) is -0.637. The second-order valence-electron chi connectivity index (χ2n) is 30.9. The van der Waals surface area contributed by atoms with Crippen LogP contribution in [0.1, 0.15) is 278 Å². The molecule has 30 nitrogen and oxygen atoms in total. The molecule has 0 aromatic carbocycles. The summed E-state index contributed by atoms with van der Waals surface area (Å²) in [6, 6.07) is 0. The van der Waals surface area contributed by atoms with Crippen LogP contribution in [0.2, 0.25) is 0 Å². The molecule has 0 aromatic heterocycles. The smallest absolute Gasteiger partial charge is 0.305 e. The zero-order valence-electron chi connectivity index (χ0n) is 74.7. The van der Waals surface area contributed by atoms with E-state index in [-0.39, 0.29) is 216 Å². The van der Waals surface area contributed by atoms with Gasteiger partial charge in [-0.25, -0.2) is 0 Å². The molecule has 9 N–H and O–H groups in total. The fourth-order valence-electron chi connectivity index (χ4n) is 14.3. The molecular weight excluding hydrogens is 1560 g/mol. The van der Waals surface area contributed by atoms with Gasteiger partial charge in [0.05, 0.1) is 178 Å². The molecule has 3 rings (SSSR count). The Morgan fingerprint density at radius 1 is 0.275 bits per heavy atom. The number of unbranched alkanes of at least 4 members (excludes halogenated alkanes) is 33. The summed E-state index contributed by atoms with van der Waals surface area (Å²) >= 11 is 0. The Morgan fingerprint density at radius 2 is 0.492 bits per heavy atom. The van der Waals surface area contributed by atoms with E-state index >= 15 is 0 Å². The first kappa shape index (κ1) is 115. The average Bonchev–Trinajstić information content (AvgIpc) is 1.70. The normalized spacial score (nSPS) is 19.8. The van der Waals surface area contributed by atoms with Gasteiger partial charge in [-0.2, -0.15) is 0 Å². The van der Waals surface area contributed by atoms with Crippen molar-refractivity contribution in [1.82, 2.24) is 0 Å². The van der Waals surface area contributed by atoms with Crippen molar-refractivity contribution in [2.75, 3.05) is 198 Å². The van der Waals surface area contributed by atoms with Crippen LogP contribution in [0.4, 0.5) is 0 Å². The Hall–Kier alpha value is -2.81. The maximum absolute atomic E-state index is 12.1. The van der Waals surface area contributed by atoms with Gasteiger partial charge in [-0.05, 0) is 44.9 Å². The fraction of sp³-hybridized carbons (Fsp3) is 0.944. The van der Waals surface area contributed by atoms with E-state index in [1.54, 1.807) is 0 Å². The Kier molecular flexibility index (Phi) is 84.7. The molecule has 12 unspecified atom stereocenters. The molecule has 3 heterocycles. The van der Waals surface area contributed by atoms with Crippen molar-refractivity contribution in [2.24, 2.45) is 0 Å². The van der Waals surface area contributed by atoms with Crippen LogP contribution in [-0.4, -0.2) is 335 Å². The third kappa shape index (κ3) is 64.0. The minimum atomic E-state index is -0.560. The van der Waals surface area contributed by atoms with Crippen molar-refractivity contribution >= 4 is 17.9 Å². The maximum Gasteiger partial charge on any atom is 0.305 e. The highest BCUT2D eigenvalue weighted by Crippen LogP contribution is 2.29. The Balaban J connectivity index is 0.000000903. The van der Waals surface area contributed by atoms with E-state index in [2.05, 4.69) is 32.9 Å². The van der Waals surface area contributed by atoms with Gasteiger partial charge >= 0.3 is 17.9 Å². The van der Waals surface area contributed by atoms with Crippen LogP contribution in [0.15, 0.2) is 12.2 Å². The van der Waals surface area contributed by atoms with Gasteiger partial charge in [-0.1, -0.05) is 226 Å². The van der Waals surface area contributed by atoms with Crippen LogP contribution in [0.5, 0.6) is 0 Å². The fourth-order valence-corrected chi connectivity index (χ4v) is 14.3. The predicted molar refractivity (Wildman–Crippen MR) is 457 cm³/mol. The van der Waals surface area contributed by atoms with Gasteiger partial charge in [0.1, 0.15) is 93.1 Å². The number of aliphatic hydroxyl groups excluding tert-OH is 9. The molecular formula is C90H172O30. The largest absolute Gasteiger partial charge is 0.463 e. The van der Waals surface area contributed by atoms with E-state index in [1.807, 2.05) is 0 Å². The van der Waals surface area contributed by atoms with Gasteiger partial charge in [0, 0.05) is 19.3 Å². The summed E-state index contributed by atoms with van der Waals surface area (Å²) in [5.41, 5.74) is 0. The molecule has 0 spiro atoms. The molecule has 3 fully saturated rings. The minimum absolute atomic E-state index is 0.0910. The van der Waals surface area contributed by atoms with Crippen molar-refractivity contribution < 1.29 is 146 Å². The second-order valence-corrected chi connectivity index (χ2v) is 30.9. The van der Waals surface area contributed by atoms with Crippen LogP contribution >= 0.6 is 0 Å². The number of rotatable bonds is 86. The van der Waals surface area contributed by atoms with Gasteiger partial charge in [-0.15, -0.1) is 0 Å². The number of carbonyl (C=O) groups excluding carboxylic acids is 3. The molecule has 0 bridgehead atoms. The number of ether oxygens (including phenoxy) is 18. The van der Waals surface area contributed by atoms with Crippen LogP contribution in [-0.2, 0) is 99.6 Å². The summed E-state index contributed by atoms with van der Waals surface area (Å²) in [7, 11) is 0. The van der Waals surface area contributed by atoms with E-state index in [0.29, 0.717) is 19.3 Å². The summed E-state index contributed by atoms with van der Waals surface area (Å²) in [6.07, 6.45) is 45.7. The van der Waals surface area contributed by atoms with Crippen molar-refractivity contribution in [3.05, 3.63) is 12.2 Å². The Bertz CT molecular complexity index is 2200. The molecule has 0 aliphatic carbocycles. The summed E-state index contributed by atoms with van der Waals surface area (Å²) in [6.45, 7) is 8.67. The lowest BCUT2D eigenvalue weighted by atomic mass is 10.0. The van der Waals surface area contributed by atoms with E-state index in [9.17, 15) is 39.9 Å². The Morgan fingerprint density at radius 3 is 0.725 bits per heavy atom. The first-order chi connectivity index (χ1) is 59.0. The molecule has 30 heteroatoms. The van der Waals surface area contributed by atoms with Gasteiger partial charge < -0.3 is 131 Å². The molecule has 120 heavy (non-hydrogen) atoms. The quantitative estimate of drug-likeness (QED) is 0.0118. The van der Waals surface area contributed by atoms with E-state index in [0.717, 1.165) is 57.8 Å². The van der Waals surface area contributed by atoms with E-state index in [1.165, 1.54) is 180 Å². The third-order valence-corrected chi connectivity index (χ3v) is 20.7. The van der Waals surface area contributed by atoms with Crippen LogP contribution in [0, 0.1) is 0 Å². The lowest BCUT2D eigenvalue weighted by Gasteiger charge is -2.29. The number of hydrogen-bond donors (Lipinski definition) is 9.